The van der Waals surface area contributed by atoms with Gasteiger partial charge in [-0.1, -0.05) is 11.6 Å². The molecule has 0 aromatic carbocycles. The lowest BCUT2D eigenvalue weighted by molar-refractivity contribution is 1.08. The van der Waals surface area contributed by atoms with Gasteiger partial charge in [0.2, 0.25) is 0 Å². The van der Waals surface area contributed by atoms with Crippen molar-refractivity contribution in [1.29, 1.82) is 0 Å². The average Bonchev–Trinajstić information content (AvgIpc) is 2.34. The zero-order valence-corrected chi connectivity index (χ0v) is 6.55. The normalized spacial score (nSPS) is 10.7. The van der Waals surface area contributed by atoms with E-state index >= 15 is 0 Å². The van der Waals surface area contributed by atoms with Crippen LogP contribution in [-0.4, -0.2) is 20.2 Å². The zero-order valence-electron chi connectivity index (χ0n) is 5.80. The third-order valence-electron chi connectivity index (χ3n) is 1.37. The molecule has 4 nitrogen and oxygen atoms in total. The monoisotopic (exact) mass is 168 g/mol. The molecule has 2 heterocycles. The number of aromatic amines is 1. The highest BCUT2D eigenvalue weighted by molar-refractivity contribution is 6.33. The van der Waals surface area contributed by atoms with Crippen LogP contribution in [-0.2, 0) is 0 Å². The fraction of sp³-hybridized carbons (Fsp3) is 0.167. The fourth-order valence-corrected chi connectivity index (χ4v) is 1.18. The van der Waals surface area contributed by atoms with Crippen molar-refractivity contribution in [3.63, 3.8) is 0 Å². The number of rotatable bonds is 0. The summed E-state index contributed by atoms with van der Waals surface area (Å²) in [7, 11) is 0. The van der Waals surface area contributed by atoms with E-state index in [2.05, 4.69) is 20.2 Å². The van der Waals surface area contributed by atoms with Gasteiger partial charge in [-0.15, -0.1) is 0 Å². The molecule has 0 spiro atoms. The molecule has 2 aromatic rings. The molecule has 0 atom stereocenters. The number of hydrogen-bond acceptors (Lipinski definition) is 3. The van der Waals surface area contributed by atoms with Gasteiger partial charge in [0.05, 0.1) is 6.20 Å². The van der Waals surface area contributed by atoms with Crippen molar-refractivity contribution >= 4 is 22.6 Å². The molecule has 0 fully saturated rings. The molecule has 0 amide bonds. The van der Waals surface area contributed by atoms with E-state index in [1.807, 2.05) is 0 Å². The van der Waals surface area contributed by atoms with E-state index in [9.17, 15) is 0 Å². The minimum Gasteiger partial charge on any atom is -0.273 e. The first kappa shape index (κ1) is 6.54. The van der Waals surface area contributed by atoms with Gasteiger partial charge in [-0.2, -0.15) is 5.10 Å². The molecule has 0 radical (unpaired) electrons. The highest BCUT2D eigenvalue weighted by Crippen LogP contribution is 2.16. The summed E-state index contributed by atoms with van der Waals surface area (Å²) < 4.78 is 0. The van der Waals surface area contributed by atoms with Gasteiger partial charge in [-0.25, -0.2) is 9.97 Å². The molecule has 56 valence electrons. The first-order valence-corrected chi connectivity index (χ1v) is 3.48. The van der Waals surface area contributed by atoms with Gasteiger partial charge >= 0.3 is 0 Å². The van der Waals surface area contributed by atoms with Gasteiger partial charge in [0, 0.05) is 0 Å². The lowest BCUT2D eigenvalue weighted by Crippen LogP contribution is -1.87. The van der Waals surface area contributed by atoms with Gasteiger partial charge in [0.1, 0.15) is 16.9 Å². The number of nitrogens with zero attached hydrogens (tertiary/aromatic N) is 3. The summed E-state index contributed by atoms with van der Waals surface area (Å²) in [5.74, 6) is 0.656. The van der Waals surface area contributed by atoms with Crippen molar-refractivity contribution in [2.45, 2.75) is 6.92 Å². The highest BCUT2D eigenvalue weighted by atomic mass is 35.5. The quantitative estimate of drug-likeness (QED) is 0.604. The largest absolute Gasteiger partial charge is 0.273 e. The Hall–Kier alpha value is -1.16. The average molecular weight is 169 g/mol. The van der Waals surface area contributed by atoms with Crippen molar-refractivity contribution in [2.75, 3.05) is 0 Å². The Morgan fingerprint density at radius 3 is 3.09 bits per heavy atom. The van der Waals surface area contributed by atoms with E-state index in [-0.39, 0.29) is 0 Å². The maximum absolute atomic E-state index is 5.78. The van der Waals surface area contributed by atoms with Gasteiger partial charge in [-0.3, -0.25) is 5.10 Å². The summed E-state index contributed by atoms with van der Waals surface area (Å²) in [5.41, 5.74) is 1.44. The van der Waals surface area contributed by atoms with E-state index in [4.69, 9.17) is 11.6 Å². The van der Waals surface area contributed by atoms with Crippen LogP contribution in [0.15, 0.2) is 6.20 Å². The third-order valence-corrected chi connectivity index (χ3v) is 1.64. The highest BCUT2D eigenvalue weighted by Gasteiger charge is 2.03. The van der Waals surface area contributed by atoms with Crippen LogP contribution >= 0.6 is 11.6 Å². The Morgan fingerprint density at radius 1 is 1.45 bits per heavy atom. The first-order chi connectivity index (χ1) is 5.27. The van der Waals surface area contributed by atoms with Crippen LogP contribution in [0.4, 0.5) is 0 Å². The molecule has 0 aliphatic heterocycles. The van der Waals surface area contributed by atoms with Crippen LogP contribution in [0.3, 0.4) is 0 Å². The number of fused-ring (bicyclic) bond motifs is 1. The molecule has 0 bridgehead atoms. The molecule has 5 heteroatoms. The summed E-state index contributed by atoms with van der Waals surface area (Å²) >= 11 is 5.78. The van der Waals surface area contributed by atoms with Crippen molar-refractivity contribution in [3.8, 4) is 0 Å². The van der Waals surface area contributed by atoms with Crippen molar-refractivity contribution in [1.82, 2.24) is 20.2 Å². The molecule has 2 rings (SSSR count). The number of aromatic nitrogens is 4. The molecule has 0 saturated carbocycles. The minimum atomic E-state index is 0.421. The Labute approximate surface area is 67.6 Å². The Bertz CT molecular complexity index is 394. The molecule has 1 N–H and O–H groups in total. The van der Waals surface area contributed by atoms with Gasteiger partial charge in [0.15, 0.2) is 5.15 Å². The topological polar surface area (TPSA) is 54.5 Å². The maximum Gasteiger partial charge on any atom is 0.158 e. The number of hydrogen-bond donors (Lipinski definition) is 1. The molecule has 0 aliphatic carbocycles. The van der Waals surface area contributed by atoms with Crippen LogP contribution in [0.2, 0.25) is 5.15 Å². The fourth-order valence-electron chi connectivity index (χ4n) is 0.914. The second kappa shape index (κ2) is 2.17. The summed E-state index contributed by atoms with van der Waals surface area (Å²) in [6.07, 6.45) is 1.62. The Morgan fingerprint density at radius 2 is 2.27 bits per heavy atom. The lowest BCUT2D eigenvalue weighted by atomic mass is 10.4. The van der Waals surface area contributed by atoms with Gasteiger partial charge in [0.25, 0.3) is 0 Å². The first-order valence-electron chi connectivity index (χ1n) is 3.10. The number of halogens is 1. The summed E-state index contributed by atoms with van der Waals surface area (Å²) in [4.78, 5) is 8.06. The van der Waals surface area contributed by atoms with Crippen LogP contribution in [0.25, 0.3) is 11.0 Å². The van der Waals surface area contributed by atoms with E-state index in [0.29, 0.717) is 16.5 Å². The summed E-state index contributed by atoms with van der Waals surface area (Å²) in [5, 5.41) is 6.92. The minimum absolute atomic E-state index is 0.421. The molecule has 0 aliphatic rings. The van der Waals surface area contributed by atoms with Gasteiger partial charge in [-0.05, 0) is 6.92 Å². The third kappa shape index (κ3) is 0.952. The maximum atomic E-state index is 5.78. The number of nitrogens with one attached hydrogen (secondary N) is 1. The summed E-state index contributed by atoms with van der Waals surface area (Å²) in [6, 6.07) is 0. The molecule has 0 saturated heterocycles. The van der Waals surface area contributed by atoms with Crippen molar-refractivity contribution < 1.29 is 0 Å². The predicted molar refractivity (Wildman–Crippen MR) is 41.4 cm³/mol. The second-order valence-corrected chi connectivity index (χ2v) is 2.55. The molecule has 0 unspecified atom stereocenters. The standard InChI is InChI=1S/C6H5ClN4/c1-3-9-4-2-8-11-5(4)6(7)10-3/h2H,1H3,(H,8,11). The zero-order chi connectivity index (χ0) is 7.84. The summed E-state index contributed by atoms with van der Waals surface area (Å²) in [6.45, 7) is 1.79. The SMILES string of the molecule is Cc1nc(Cl)c2[nH]ncc2n1. The van der Waals surface area contributed by atoms with E-state index in [1.54, 1.807) is 13.1 Å². The Balaban J connectivity index is 2.91. The van der Waals surface area contributed by atoms with Gasteiger partial charge < -0.3 is 0 Å². The van der Waals surface area contributed by atoms with Crippen molar-refractivity contribution in [2.24, 2.45) is 0 Å². The number of H-pyrrole nitrogens is 1. The van der Waals surface area contributed by atoms with E-state index in [1.165, 1.54) is 0 Å². The van der Waals surface area contributed by atoms with E-state index in [0.717, 1.165) is 5.52 Å². The second-order valence-electron chi connectivity index (χ2n) is 2.19. The smallest absolute Gasteiger partial charge is 0.158 e. The number of aryl methyl sites for hydroxylation is 1. The van der Waals surface area contributed by atoms with Crippen LogP contribution in [0.5, 0.6) is 0 Å². The molecule has 11 heavy (non-hydrogen) atoms. The van der Waals surface area contributed by atoms with Crippen LogP contribution in [0.1, 0.15) is 5.82 Å². The Kier molecular flexibility index (Phi) is 1.29. The van der Waals surface area contributed by atoms with Crippen molar-refractivity contribution in [3.05, 3.63) is 17.2 Å². The molecular weight excluding hydrogens is 164 g/mol. The van der Waals surface area contributed by atoms with Crippen LogP contribution < -0.4 is 0 Å². The lowest BCUT2D eigenvalue weighted by Gasteiger charge is -1.92. The molecular formula is C6H5ClN4. The molecule has 2 aromatic heterocycles. The van der Waals surface area contributed by atoms with Crippen LogP contribution in [0, 0.1) is 6.92 Å². The van der Waals surface area contributed by atoms with E-state index < -0.39 is 0 Å². The predicted octanol–water partition coefficient (Wildman–Crippen LogP) is 1.31.